The van der Waals surface area contributed by atoms with E-state index >= 15 is 0 Å². The number of anilines is 2. The number of aliphatic hydroxyl groups is 1. The lowest BCUT2D eigenvalue weighted by atomic mass is 10.1. The van der Waals surface area contributed by atoms with Gasteiger partial charge in [-0.15, -0.1) is 0 Å². The summed E-state index contributed by atoms with van der Waals surface area (Å²) in [5.74, 6) is 0.617. The van der Waals surface area contributed by atoms with Gasteiger partial charge in [-0.05, 0) is 38.0 Å². The van der Waals surface area contributed by atoms with Crippen LogP contribution in [0.4, 0.5) is 11.4 Å². The van der Waals surface area contributed by atoms with Gasteiger partial charge in [-0.1, -0.05) is 0 Å². The maximum atomic E-state index is 12.1. The number of carbonyl (C=O) groups excluding carboxylic acids is 1. The third-order valence-corrected chi connectivity index (χ3v) is 2.98. The van der Waals surface area contributed by atoms with Crippen LogP contribution in [0, 0.1) is 0 Å². The molecule has 5 heteroatoms. The Hall–Kier alpha value is -1.75. The average Bonchev–Trinajstić information content (AvgIpc) is 2.35. The second kappa shape index (κ2) is 5.27. The van der Waals surface area contributed by atoms with Gasteiger partial charge in [0.25, 0.3) is 5.91 Å². The molecule has 1 aromatic rings. The number of amides is 1. The van der Waals surface area contributed by atoms with Gasteiger partial charge in [0.2, 0.25) is 0 Å². The smallest absolute Gasteiger partial charge is 0.267 e. The number of rotatable bonds is 4. The number of benzene rings is 1. The van der Waals surface area contributed by atoms with Crippen molar-refractivity contribution in [2.45, 2.75) is 25.9 Å². The van der Waals surface area contributed by atoms with E-state index in [0.717, 1.165) is 12.1 Å². The second-order valence-corrected chi connectivity index (χ2v) is 4.41. The summed E-state index contributed by atoms with van der Waals surface area (Å²) in [6.07, 6.45) is 0.954. The molecule has 1 unspecified atom stereocenters. The lowest BCUT2D eigenvalue weighted by Gasteiger charge is -2.33. The molecule has 0 saturated heterocycles. The van der Waals surface area contributed by atoms with Gasteiger partial charge < -0.3 is 20.5 Å². The molecule has 0 spiro atoms. The molecule has 1 aromatic carbocycles. The highest BCUT2D eigenvalue weighted by Crippen LogP contribution is 2.35. The number of hydrogen-bond donors (Lipinski definition) is 2. The Morgan fingerprint density at radius 2 is 2.22 bits per heavy atom. The van der Waals surface area contributed by atoms with E-state index in [2.05, 4.69) is 0 Å². The van der Waals surface area contributed by atoms with Gasteiger partial charge in [0.15, 0.2) is 6.10 Å². The predicted octanol–water partition coefficient (Wildman–Crippen LogP) is 1.16. The molecular weight excluding hydrogens is 232 g/mol. The molecule has 1 aliphatic heterocycles. The predicted molar refractivity (Wildman–Crippen MR) is 69.6 cm³/mol. The third-order valence-electron chi connectivity index (χ3n) is 2.98. The van der Waals surface area contributed by atoms with Crippen molar-refractivity contribution in [3.63, 3.8) is 0 Å². The van der Waals surface area contributed by atoms with Crippen molar-refractivity contribution < 1.29 is 14.6 Å². The molecule has 1 atom stereocenters. The largest absolute Gasteiger partial charge is 0.479 e. The fourth-order valence-electron chi connectivity index (χ4n) is 2.04. The monoisotopic (exact) mass is 250 g/mol. The van der Waals surface area contributed by atoms with Crippen molar-refractivity contribution in [2.75, 3.05) is 23.8 Å². The van der Waals surface area contributed by atoms with E-state index in [1.165, 1.54) is 0 Å². The van der Waals surface area contributed by atoms with Gasteiger partial charge in [0.1, 0.15) is 5.75 Å². The minimum absolute atomic E-state index is 0.0639. The Morgan fingerprint density at radius 1 is 1.44 bits per heavy atom. The van der Waals surface area contributed by atoms with Crippen LogP contribution in [0.15, 0.2) is 18.2 Å². The first-order valence-electron chi connectivity index (χ1n) is 6.12. The molecule has 1 heterocycles. The number of aliphatic hydroxyl groups excluding tert-OH is 1. The molecule has 18 heavy (non-hydrogen) atoms. The number of fused-ring (bicyclic) bond motifs is 1. The first-order valence-corrected chi connectivity index (χ1v) is 6.12. The number of carbonyl (C=O) groups is 1. The second-order valence-electron chi connectivity index (χ2n) is 4.41. The van der Waals surface area contributed by atoms with Crippen LogP contribution in [0.5, 0.6) is 5.75 Å². The van der Waals surface area contributed by atoms with E-state index in [1.54, 1.807) is 30.0 Å². The highest BCUT2D eigenvalue weighted by atomic mass is 16.5. The molecule has 0 bridgehead atoms. The fraction of sp³-hybridized carbons (Fsp3) is 0.462. The zero-order valence-corrected chi connectivity index (χ0v) is 10.4. The summed E-state index contributed by atoms with van der Waals surface area (Å²) < 4.78 is 5.54. The molecule has 0 radical (unpaired) electrons. The minimum atomic E-state index is -0.477. The van der Waals surface area contributed by atoms with Crippen LogP contribution >= 0.6 is 0 Å². The highest BCUT2D eigenvalue weighted by molar-refractivity contribution is 6.00. The van der Waals surface area contributed by atoms with E-state index in [9.17, 15) is 4.79 Å². The molecule has 0 saturated carbocycles. The molecule has 5 nitrogen and oxygen atoms in total. The summed E-state index contributed by atoms with van der Waals surface area (Å²) >= 11 is 0. The van der Waals surface area contributed by atoms with Crippen LogP contribution in [0.25, 0.3) is 0 Å². The molecule has 0 fully saturated rings. The van der Waals surface area contributed by atoms with Gasteiger partial charge in [-0.3, -0.25) is 4.79 Å². The van der Waals surface area contributed by atoms with Crippen molar-refractivity contribution in [1.29, 1.82) is 0 Å². The van der Waals surface area contributed by atoms with Crippen molar-refractivity contribution >= 4 is 17.3 Å². The van der Waals surface area contributed by atoms with Crippen molar-refractivity contribution in [1.82, 2.24) is 0 Å². The number of nitrogen functional groups attached to an aromatic ring is 1. The maximum absolute atomic E-state index is 12.1. The van der Waals surface area contributed by atoms with Crippen LogP contribution in [-0.2, 0) is 4.79 Å². The summed E-state index contributed by atoms with van der Waals surface area (Å²) in [4.78, 5) is 13.8. The summed E-state index contributed by atoms with van der Waals surface area (Å²) in [6, 6.07) is 5.29. The van der Waals surface area contributed by atoms with E-state index in [4.69, 9.17) is 15.6 Å². The molecule has 3 N–H and O–H groups in total. The Morgan fingerprint density at radius 3 is 2.94 bits per heavy atom. The summed E-state index contributed by atoms with van der Waals surface area (Å²) in [7, 11) is 0. The Kier molecular flexibility index (Phi) is 3.72. The van der Waals surface area contributed by atoms with Gasteiger partial charge in [-0.2, -0.15) is 0 Å². The normalized spacial score (nSPS) is 18.4. The van der Waals surface area contributed by atoms with Crippen LogP contribution in [0.3, 0.4) is 0 Å². The number of ether oxygens (including phenoxy) is 1. The Labute approximate surface area is 106 Å². The SMILES string of the molecule is CC1Oc2ccc(N)cc2N(CCCCO)C1=O. The van der Waals surface area contributed by atoms with Crippen molar-refractivity contribution in [3.8, 4) is 5.75 Å². The van der Waals surface area contributed by atoms with Gasteiger partial charge >= 0.3 is 0 Å². The first-order chi connectivity index (χ1) is 8.63. The molecule has 2 rings (SSSR count). The fourth-order valence-corrected chi connectivity index (χ4v) is 2.04. The van der Waals surface area contributed by atoms with E-state index in [0.29, 0.717) is 24.4 Å². The maximum Gasteiger partial charge on any atom is 0.267 e. The van der Waals surface area contributed by atoms with E-state index < -0.39 is 6.10 Å². The summed E-state index contributed by atoms with van der Waals surface area (Å²) in [5.41, 5.74) is 7.07. The molecule has 0 aromatic heterocycles. The third kappa shape index (κ3) is 2.41. The zero-order chi connectivity index (χ0) is 13.1. The number of hydrogen-bond acceptors (Lipinski definition) is 4. The van der Waals surface area contributed by atoms with Crippen LogP contribution in [-0.4, -0.2) is 30.3 Å². The minimum Gasteiger partial charge on any atom is -0.479 e. The number of nitrogens with zero attached hydrogens (tertiary/aromatic N) is 1. The first kappa shape index (κ1) is 12.7. The van der Waals surface area contributed by atoms with E-state index in [-0.39, 0.29) is 12.5 Å². The summed E-state index contributed by atoms with van der Waals surface area (Å²) in [6.45, 7) is 2.45. The van der Waals surface area contributed by atoms with Crippen LogP contribution in [0.1, 0.15) is 19.8 Å². The summed E-state index contributed by atoms with van der Waals surface area (Å²) in [5, 5.41) is 8.80. The van der Waals surface area contributed by atoms with Crippen LogP contribution < -0.4 is 15.4 Å². The van der Waals surface area contributed by atoms with Gasteiger partial charge in [-0.25, -0.2) is 0 Å². The number of unbranched alkanes of at least 4 members (excludes halogenated alkanes) is 1. The molecule has 98 valence electrons. The van der Waals surface area contributed by atoms with Gasteiger partial charge in [0.05, 0.1) is 5.69 Å². The molecule has 1 amide bonds. The topological polar surface area (TPSA) is 75.8 Å². The van der Waals surface area contributed by atoms with Gasteiger partial charge in [0, 0.05) is 18.8 Å². The quantitative estimate of drug-likeness (QED) is 0.621. The van der Waals surface area contributed by atoms with Crippen LogP contribution in [0.2, 0.25) is 0 Å². The van der Waals surface area contributed by atoms with Crippen molar-refractivity contribution in [2.24, 2.45) is 0 Å². The number of nitrogens with two attached hydrogens (primary N) is 1. The zero-order valence-electron chi connectivity index (χ0n) is 10.4. The average molecular weight is 250 g/mol. The van der Waals surface area contributed by atoms with E-state index in [1.807, 2.05) is 0 Å². The molecule has 0 aliphatic carbocycles. The highest BCUT2D eigenvalue weighted by Gasteiger charge is 2.30. The standard InChI is InChI=1S/C13H18N2O3/c1-9-13(17)15(6-2-3-7-16)11-8-10(14)4-5-12(11)18-9/h4-5,8-9,16H,2-3,6-7,14H2,1H3. The molecular formula is C13H18N2O3. The lowest BCUT2D eigenvalue weighted by molar-refractivity contribution is -0.125. The van der Waals surface area contributed by atoms with Crippen molar-refractivity contribution in [3.05, 3.63) is 18.2 Å². The Bertz CT molecular complexity index is 448. The lowest BCUT2D eigenvalue weighted by Crippen LogP contribution is -2.44. The molecule has 1 aliphatic rings. The Balaban J connectivity index is 2.26.